The number of allylic oxidation sites excluding steroid dienone is 2. The number of esters is 1. The first-order chi connectivity index (χ1) is 11.2. The number of ketones is 1. The molecule has 0 N–H and O–H groups in total. The highest BCUT2D eigenvalue weighted by Crippen LogP contribution is 2.45. The van der Waals surface area contributed by atoms with E-state index < -0.39 is 9.04 Å². The summed E-state index contributed by atoms with van der Waals surface area (Å²) in [6, 6.07) is 0. The topological polar surface area (TPSA) is 52.6 Å². The van der Waals surface area contributed by atoms with E-state index in [-0.39, 0.29) is 23.1 Å². The lowest BCUT2D eigenvalue weighted by molar-refractivity contribution is -0.140. The van der Waals surface area contributed by atoms with Gasteiger partial charge in [-0.1, -0.05) is 26.7 Å². The molecule has 0 aromatic heterocycles. The summed E-state index contributed by atoms with van der Waals surface area (Å²) in [6.45, 7) is 10.7. The van der Waals surface area contributed by atoms with Gasteiger partial charge in [-0.2, -0.15) is 0 Å². The van der Waals surface area contributed by atoms with Crippen molar-refractivity contribution >= 4 is 32.6 Å². The second-order valence-corrected chi connectivity index (χ2v) is 10.4. The van der Waals surface area contributed by atoms with Gasteiger partial charge in [0.15, 0.2) is 5.78 Å². The van der Waals surface area contributed by atoms with Crippen LogP contribution in [-0.2, 0) is 18.8 Å². The highest BCUT2D eigenvalue weighted by molar-refractivity contribution is 8.04. The molecule has 24 heavy (non-hydrogen) atoms. The Hall–Kier alpha value is -1.19. The van der Waals surface area contributed by atoms with Crippen molar-refractivity contribution in [3.63, 3.8) is 0 Å². The Morgan fingerprint density at radius 3 is 2.54 bits per heavy atom. The maximum atomic E-state index is 12.4. The number of rotatable bonds is 6. The van der Waals surface area contributed by atoms with Gasteiger partial charge in [-0.3, -0.25) is 9.59 Å². The number of hydrogen-bond acceptors (Lipinski definition) is 5. The Bertz CT molecular complexity index is 564. The van der Waals surface area contributed by atoms with E-state index in [0.717, 1.165) is 10.7 Å². The second-order valence-electron chi connectivity index (χ2n) is 7.12. The van der Waals surface area contributed by atoms with Crippen LogP contribution in [0.5, 0.6) is 0 Å². The largest absolute Gasteiger partial charge is 0.549 e. The van der Waals surface area contributed by atoms with Crippen LogP contribution in [-0.4, -0.2) is 33.7 Å². The van der Waals surface area contributed by atoms with Gasteiger partial charge in [0.05, 0.1) is 24.2 Å². The van der Waals surface area contributed by atoms with Crippen molar-refractivity contribution in [2.45, 2.75) is 53.1 Å². The normalized spacial score (nSPS) is 17.8. The molecule has 0 aliphatic heterocycles. The molecule has 1 rings (SSSR count). The molecule has 0 unspecified atom stereocenters. The average molecular weight is 369 g/mol. The molecule has 0 saturated heterocycles. The number of Topliss-reactive ketones (excluding diaryl/α,β-unsaturated/α-hetero) is 1. The lowest BCUT2D eigenvalue weighted by Gasteiger charge is -2.30. The van der Waals surface area contributed by atoms with Gasteiger partial charge in [-0.15, -0.1) is 17.7 Å². The summed E-state index contributed by atoms with van der Waals surface area (Å²) in [4.78, 5) is 24.2. The fraction of sp³-hybridized carbons (Fsp3) is 0.667. The molecule has 0 bridgehead atoms. The standard InChI is InChI=1S/C18H28O4SSi/c1-18(2,3)13-12-14(19)17(16(13)22-24(5)6)23-11-9-7-8-10-15(20)21-4/h13,24H,8,10-12H2,1-6H3/t13-/m0/s1. The maximum absolute atomic E-state index is 12.4. The van der Waals surface area contributed by atoms with Crippen molar-refractivity contribution in [1.82, 2.24) is 0 Å². The van der Waals surface area contributed by atoms with Gasteiger partial charge in [0.1, 0.15) is 5.76 Å². The first kappa shape index (κ1) is 20.9. The minimum atomic E-state index is -1.28. The molecule has 0 amide bonds. The Morgan fingerprint density at radius 2 is 2.00 bits per heavy atom. The van der Waals surface area contributed by atoms with Gasteiger partial charge in [-0.25, -0.2) is 0 Å². The summed E-state index contributed by atoms with van der Waals surface area (Å²) in [5, 5.41) is 0. The van der Waals surface area contributed by atoms with E-state index in [2.05, 4.69) is 50.4 Å². The summed E-state index contributed by atoms with van der Waals surface area (Å²) in [5.41, 5.74) is 0.00276. The van der Waals surface area contributed by atoms with E-state index in [1.165, 1.54) is 18.9 Å². The lowest BCUT2D eigenvalue weighted by Crippen LogP contribution is -2.24. The Kier molecular flexibility index (Phi) is 8.11. The molecule has 1 aliphatic carbocycles. The number of thioether (sulfide) groups is 1. The van der Waals surface area contributed by atoms with Crippen molar-refractivity contribution in [2.24, 2.45) is 11.3 Å². The van der Waals surface area contributed by atoms with E-state index in [4.69, 9.17) is 4.43 Å². The van der Waals surface area contributed by atoms with Crippen LogP contribution < -0.4 is 0 Å². The number of carbonyl (C=O) groups is 2. The molecule has 0 spiro atoms. The zero-order valence-corrected chi connectivity index (χ0v) is 17.5. The van der Waals surface area contributed by atoms with Crippen LogP contribution >= 0.6 is 11.8 Å². The van der Waals surface area contributed by atoms with Gasteiger partial charge in [-0.05, 0) is 18.5 Å². The molecule has 0 saturated carbocycles. The SMILES string of the molecule is COC(=O)CCC#CCSC1=C(O[SiH](C)C)[C@@H](C(C)(C)C)CC1=O. The van der Waals surface area contributed by atoms with Crippen LogP contribution in [0.2, 0.25) is 13.1 Å². The molecule has 0 heterocycles. The summed E-state index contributed by atoms with van der Waals surface area (Å²) in [7, 11) is 0.0919. The number of methoxy groups -OCH3 is 1. The van der Waals surface area contributed by atoms with Crippen molar-refractivity contribution in [3.05, 3.63) is 10.7 Å². The third kappa shape index (κ3) is 6.37. The molecule has 6 heteroatoms. The van der Waals surface area contributed by atoms with E-state index in [1.54, 1.807) is 0 Å². The molecule has 1 atom stereocenters. The monoisotopic (exact) mass is 368 g/mol. The summed E-state index contributed by atoms with van der Waals surface area (Å²) in [6.07, 6.45) is 1.31. The maximum Gasteiger partial charge on any atom is 0.306 e. The molecule has 0 aromatic rings. The van der Waals surface area contributed by atoms with E-state index >= 15 is 0 Å². The predicted molar refractivity (Wildman–Crippen MR) is 101 cm³/mol. The fourth-order valence-corrected chi connectivity index (χ4v) is 4.19. The molecular formula is C18H28O4SSi. The number of carbonyl (C=O) groups excluding carboxylic acids is 2. The lowest BCUT2D eigenvalue weighted by atomic mass is 9.79. The average Bonchev–Trinajstić information content (AvgIpc) is 2.78. The highest BCUT2D eigenvalue weighted by Gasteiger charge is 2.40. The van der Waals surface area contributed by atoms with Crippen LogP contribution in [0.3, 0.4) is 0 Å². The third-order valence-electron chi connectivity index (χ3n) is 3.69. The minimum absolute atomic E-state index is 0.00276. The summed E-state index contributed by atoms with van der Waals surface area (Å²) < 4.78 is 10.7. The van der Waals surface area contributed by atoms with Crippen LogP contribution in [0.25, 0.3) is 0 Å². The number of ether oxygens (including phenoxy) is 1. The molecule has 1 aliphatic rings. The van der Waals surface area contributed by atoms with Gasteiger partial charge >= 0.3 is 5.97 Å². The molecular weight excluding hydrogens is 340 g/mol. The van der Waals surface area contributed by atoms with Crippen molar-refractivity contribution in [2.75, 3.05) is 12.9 Å². The van der Waals surface area contributed by atoms with Crippen LogP contribution in [0.15, 0.2) is 10.7 Å². The van der Waals surface area contributed by atoms with Crippen molar-refractivity contribution in [1.29, 1.82) is 0 Å². The first-order valence-electron chi connectivity index (χ1n) is 8.26. The Labute approximate surface area is 151 Å². The van der Waals surface area contributed by atoms with E-state index in [9.17, 15) is 9.59 Å². The third-order valence-corrected chi connectivity index (χ3v) is 5.42. The quantitative estimate of drug-likeness (QED) is 0.408. The molecule has 0 fully saturated rings. The molecule has 134 valence electrons. The molecule has 0 aromatic carbocycles. The first-order valence-corrected chi connectivity index (χ1v) is 12.0. The van der Waals surface area contributed by atoms with Gasteiger partial charge in [0.2, 0.25) is 9.04 Å². The van der Waals surface area contributed by atoms with Crippen LogP contribution in [0, 0.1) is 23.2 Å². The van der Waals surface area contributed by atoms with Crippen molar-refractivity contribution < 1.29 is 18.8 Å². The fourth-order valence-electron chi connectivity index (χ4n) is 2.42. The Balaban J connectivity index is 2.75. The summed E-state index contributed by atoms with van der Waals surface area (Å²) >= 11 is 1.46. The minimum Gasteiger partial charge on any atom is -0.549 e. The molecule has 0 radical (unpaired) electrons. The second kappa shape index (κ2) is 9.33. The van der Waals surface area contributed by atoms with Gasteiger partial charge in [0.25, 0.3) is 0 Å². The zero-order valence-electron chi connectivity index (χ0n) is 15.5. The Morgan fingerprint density at radius 1 is 1.33 bits per heavy atom. The van der Waals surface area contributed by atoms with Gasteiger partial charge in [0, 0.05) is 18.8 Å². The predicted octanol–water partition coefficient (Wildman–Crippen LogP) is 3.52. The van der Waals surface area contributed by atoms with Gasteiger partial charge < -0.3 is 9.16 Å². The molecule has 4 nitrogen and oxygen atoms in total. The van der Waals surface area contributed by atoms with Crippen LogP contribution in [0.1, 0.15) is 40.0 Å². The highest BCUT2D eigenvalue weighted by atomic mass is 32.2. The van der Waals surface area contributed by atoms with E-state index in [0.29, 0.717) is 25.0 Å². The smallest absolute Gasteiger partial charge is 0.306 e. The van der Waals surface area contributed by atoms with Crippen molar-refractivity contribution in [3.8, 4) is 11.8 Å². The van der Waals surface area contributed by atoms with E-state index in [1.807, 2.05) is 0 Å². The summed E-state index contributed by atoms with van der Waals surface area (Å²) in [5.74, 6) is 7.44. The zero-order chi connectivity index (χ0) is 18.3. The van der Waals surface area contributed by atoms with Crippen LogP contribution in [0.4, 0.5) is 0 Å². The number of hydrogen-bond donors (Lipinski definition) is 0.